The molecule has 4 aromatic rings. The third-order valence-corrected chi connectivity index (χ3v) is 8.01. The van der Waals surface area contributed by atoms with Gasteiger partial charge in [0.25, 0.3) is 5.56 Å². The maximum absolute atomic E-state index is 12.7. The van der Waals surface area contributed by atoms with Gasteiger partial charge < -0.3 is 9.55 Å². The molecule has 34 heavy (non-hydrogen) atoms. The number of nitrogens with one attached hydrogen (secondary N) is 1. The van der Waals surface area contributed by atoms with Crippen LogP contribution in [0, 0.1) is 6.92 Å². The fourth-order valence-corrected chi connectivity index (χ4v) is 5.98. The number of aromatic amines is 1. The third-order valence-electron chi connectivity index (χ3n) is 5.74. The van der Waals surface area contributed by atoms with E-state index in [0.717, 1.165) is 23.0 Å². The van der Waals surface area contributed by atoms with Gasteiger partial charge in [-0.15, -0.1) is 21.5 Å². The molecule has 0 aliphatic rings. The highest BCUT2D eigenvalue weighted by molar-refractivity contribution is 7.98. The van der Waals surface area contributed by atoms with E-state index in [1.165, 1.54) is 30.0 Å². The van der Waals surface area contributed by atoms with Crippen LogP contribution in [0.25, 0.3) is 10.2 Å². The van der Waals surface area contributed by atoms with Crippen LogP contribution in [0.3, 0.4) is 0 Å². The van der Waals surface area contributed by atoms with Gasteiger partial charge in [0.05, 0.1) is 28.6 Å². The zero-order chi connectivity index (χ0) is 24.4. The zero-order valence-electron chi connectivity index (χ0n) is 20.0. The number of aromatic nitrogens is 5. The topological polar surface area (TPSA) is 96.8 Å². The Balaban J connectivity index is 1.66. The van der Waals surface area contributed by atoms with Crippen molar-refractivity contribution in [1.82, 2.24) is 29.6 Å². The summed E-state index contributed by atoms with van der Waals surface area (Å²) in [7, 11) is 4.09. The first-order chi connectivity index (χ1) is 16.3. The van der Waals surface area contributed by atoms with Gasteiger partial charge in [-0.1, -0.05) is 49.0 Å². The Labute approximate surface area is 206 Å². The summed E-state index contributed by atoms with van der Waals surface area (Å²) in [4.78, 5) is 35.5. The molecule has 0 fully saturated rings. The van der Waals surface area contributed by atoms with E-state index < -0.39 is 0 Å². The van der Waals surface area contributed by atoms with E-state index >= 15 is 0 Å². The molecule has 0 aliphatic heterocycles. The van der Waals surface area contributed by atoms with E-state index in [4.69, 9.17) is 0 Å². The van der Waals surface area contributed by atoms with Crippen LogP contribution in [0.2, 0.25) is 0 Å². The third kappa shape index (κ3) is 4.84. The van der Waals surface area contributed by atoms with Gasteiger partial charge in [-0.2, -0.15) is 0 Å². The molecule has 178 valence electrons. The molecule has 3 heterocycles. The minimum Gasteiger partial charge on any atom is -0.309 e. The van der Waals surface area contributed by atoms with Gasteiger partial charge >= 0.3 is 0 Å². The fraction of sp³-hybridized carbons (Fsp3) is 0.375. The van der Waals surface area contributed by atoms with Gasteiger partial charge in [0, 0.05) is 0 Å². The summed E-state index contributed by atoms with van der Waals surface area (Å²) in [5.74, 6) is 1.84. The highest BCUT2D eigenvalue weighted by Crippen LogP contribution is 2.30. The molecule has 4 rings (SSSR count). The predicted molar refractivity (Wildman–Crippen MR) is 137 cm³/mol. The molecule has 0 amide bonds. The van der Waals surface area contributed by atoms with Crippen molar-refractivity contribution in [3.05, 3.63) is 68.3 Å². The first-order valence-corrected chi connectivity index (χ1v) is 12.9. The summed E-state index contributed by atoms with van der Waals surface area (Å²) < 4.78 is 2.15. The molecule has 1 aromatic carbocycles. The molecule has 0 saturated heterocycles. The number of benzene rings is 1. The number of nitrogens with zero attached hydrogens (tertiary/aromatic N) is 5. The number of thiophene rings is 1. The van der Waals surface area contributed by atoms with Gasteiger partial charge in [-0.3, -0.25) is 14.5 Å². The largest absolute Gasteiger partial charge is 0.309 e. The summed E-state index contributed by atoms with van der Waals surface area (Å²) in [6.45, 7) is 6.10. The first-order valence-electron chi connectivity index (χ1n) is 11.1. The lowest BCUT2D eigenvalue weighted by Crippen LogP contribution is -2.23. The maximum atomic E-state index is 12.7. The van der Waals surface area contributed by atoms with E-state index in [9.17, 15) is 9.59 Å². The molecule has 0 spiro atoms. The Morgan fingerprint density at radius 2 is 1.97 bits per heavy atom. The van der Waals surface area contributed by atoms with Gasteiger partial charge in [-0.25, -0.2) is 4.98 Å². The molecule has 1 N–H and O–H groups in total. The molecule has 0 aliphatic carbocycles. The van der Waals surface area contributed by atoms with Crippen LogP contribution in [0.5, 0.6) is 0 Å². The Bertz CT molecular complexity index is 1370. The lowest BCUT2D eigenvalue weighted by Gasteiger charge is -2.23. The molecule has 8 nitrogen and oxygen atoms in total. The highest BCUT2D eigenvalue weighted by Gasteiger charge is 2.23. The van der Waals surface area contributed by atoms with Crippen molar-refractivity contribution in [1.29, 1.82) is 0 Å². The Hall–Kier alpha value is -2.82. The van der Waals surface area contributed by atoms with Crippen LogP contribution in [-0.4, -0.2) is 49.5 Å². The van der Waals surface area contributed by atoms with E-state index in [2.05, 4.69) is 48.7 Å². The number of ketones is 1. The number of carbonyl (C=O) groups excluding carboxylic acids is 1. The number of H-pyrrole nitrogens is 1. The standard InChI is InChI=1S/C24H28N6O2S2/c1-6-17(29(4)5)21-27-28-24(30(21)12-16-10-8-7-9-11-16)33-13-18-25-22(32)19-14(2)20(15(3)31)34-23(19)26-18/h7-11,17H,6,12-13H2,1-5H3,(H,25,26,32). The molecule has 1 atom stereocenters. The number of aryl methyl sites for hydroxylation is 1. The fourth-order valence-electron chi connectivity index (χ4n) is 4.07. The van der Waals surface area contributed by atoms with Crippen molar-refractivity contribution < 1.29 is 4.79 Å². The molecule has 10 heteroatoms. The van der Waals surface area contributed by atoms with Crippen molar-refractivity contribution in [2.24, 2.45) is 0 Å². The highest BCUT2D eigenvalue weighted by atomic mass is 32.2. The monoisotopic (exact) mass is 496 g/mol. The lowest BCUT2D eigenvalue weighted by atomic mass is 10.2. The van der Waals surface area contributed by atoms with Crippen LogP contribution in [0.1, 0.15) is 58.8 Å². The number of carbonyl (C=O) groups is 1. The average molecular weight is 497 g/mol. The molecular formula is C24H28N6O2S2. The van der Waals surface area contributed by atoms with Gasteiger partial charge in [0.2, 0.25) is 0 Å². The van der Waals surface area contributed by atoms with E-state index in [0.29, 0.717) is 38.8 Å². The molecule has 3 aromatic heterocycles. The summed E-state index contributed by atoms with van der Waals surface area (Å²) in [5, 5.41) is 10.3. The second kappa shape index (κ2) is 10.2. The van der Waals surface area contributed by atoms with E-state index in [1.807, 2.05) is 32.3 Å². The number of hydrogen-bond acceptors (Lipinski definition) is 8. The summed E-state index contributed by atoms with van der Waals surface area (Å²) in [6.07, 6.45) is 0.909. The average Bonchev–Trinajstić information content (AvgIpc) is 3.34. The zero-order valence-corrected chi connectivity index (χ0v) is 21.6. The molecular weight excluding hydrogens is 468 g/mol. The SMILES string of the molecule is CCC(c1nnc(SCc2nc3sc(C(C)=O)c(C)c3c(=O)[nH]2)n1Cc1ccccc1)N(C)C. The van der Waals surface area contributed by atoms with Gasteiger partial charge in [-0.05, 0) is 45.5 Å². The Kier molecular flexibility index (Phi) is 7.30. The number of thioether (sulfide) groups is 1. The molecule has 1 unspecified atom stereocenters. The van der Waals surface area contributed by atoms with Crippen molar-refractivity contribution in [2.75, 3.05) is 14.1 Å². The van der Waals surface area contributed by atoms with Crippen LogP contribution < -0.4 is 5.56 Å². The first kappa shape index (κ1) is 24.3. The smallest absolute Gasteiger partial charge is 0.259 e. The van der Waals surface area contributed by atoms with E-state index in [1.54, 1.807) is 6.92 Å². The number of Topliss-reactive ketones (excluding diaryl/α,β-unsaturated/α-hetero) is 1. The van der Waals surface area contributed by atoms with Gasteiger partial charge in [0.15, 0.2) is 16.8 Å². The Morgan fingerprint density at radius 3 is 2.62 bits per heavy atom. The summed E-state index contributed by atoms with van der Waals surface area (Å²) in [6, 6.07) is 10.4. The van der Waals surface area contributed by atoms with Crippen molar-refractivity contribution in [2.45, 2.75) is 50.7 Å². The second-order valence-electron chi connectivity index (χ2n) is 8.39. The number of hydrogen-bond donors (Lipinski definition) is 1. The van der Waals surface area contributed by atoms with Crippen LogP contribution in [0.4, 0.5) is 0 Å². The normalized spacial score (nSPS) is 12.5. The molecule has 0 saturated carbocycles. The van der Waals surface area contributed by atoms with Crippen LogP contribution in [0.15, 0.2) is 40.3 Å². The second-order valence-corrected chi connectivity index (χ2v) is 10.3. The molecule has 0 radical (unpaired) electrons. The molecule has 0 bridgehead atoms. The minimum absolute atomic E-state index is 0.0521. The lowest BCUT2D eigenvalue weighted by molar-refractivity contribution is 0.102. The van der Waals surface area contributed by atoms with Crippen molar-refractivity contribution in [3.63, 3.8) is 0 Å². The number of fused-ring (bicyclic) bond motifs is 1. The minimum atomic E-state index is -0.216. The summed E-state index contributed by atoms with van der Waals surface area (Å²) >= 11 is 2.76. The van der Waals surface area contributed by atoms with Crippen LogP contribution >= 0.6 is 23.1 Å². The van der Waals surface area contributed by atoms with Crippen molar-refractivity contribution in [3.8, 4) is 0 Å². The number of rotatable bonds is 9. The quantitative estimate of drug-likeness (QED) is 0.270. The van der Waals surface area contributed by atoms with Gasteiger partial charge in [0.1, 0.15) is 10.7 Å². The van der Waals surface area contributed by atoms with Crippen molar-refractivity contribution >= 4 is 39.1 Å². The Morgan fingerprint density at radius 1 is 1.24 bits per heavy atom. The van der Waals surface area contributed by atoms with Crippen LogP contribution in [-0.2, 0) is 12.3 Å². The predicted octanol–water partition coefficient (Wildman–Crippen LogP) is 4.44. The maximum Gasteiger partial charge on any atom is 0.259 e. The summed E-state index contributed by atoms with van der Waals surface area (Å²) in [5.41, 5.74) is 1.65. The van der Waals surface area contributed by atoms with E-state index in [-0.39, 0.29) is 17.4 Å².